The zero-order valence-corrected chi connectivity index (χ0v) is 22.5. The molecule has 1 fully saturated rings. The summed E-state index contributed by atoms with van der Waals surface area (Å²) in [5.74, 6) is 0.769. The largest absolute Gasteiger partial charge is 0.379 e. The molecule has 1 aromatic heterocycles. The third-order valence-electron chi connectivity index (χ3n) is 7.31. The average molecular weight is 525 g/mol. The third-order valence-corrected chi connectivity index (χ3v) is 7.31. The van der Waals surface area contributed by atoms with Crippen molar-refractivity contribution in [1.82, 2.24) is 15.0 Å². The van der Waals surface area contributed by atoms with Crippen molar-refractivity contribution in [2.75, 3.05) is 51.3 Å². The van der Waals surface area contributed by atoms with Gasteiger partial charge in [0.25, 0.3) is 0 Å². The number of rotatable bonds is 10. The Morgan fingerprint density at radius 3 is 2.10 bits per heavy atom. The third kappa shape index (κ3) is 6.93. The maximum atomic E-state index is 13.8. The van der Waals surface area contributed by atoms with Crippen molar-refractivity contribution in [2.45, 2.75) is 19.3 Å². The topological polar surface area (TPSA) is 70.8 Å². The highest BCUT2D eigenvalue weighted by Crippen LogP contribution is 2.31. The van der Waals surface area contributed by atoms with Crippen LogP contribution in [-0.2, 0) is 4.74 Å². The number of carbonyl (C=O) groups is 1. The van der Waals surface area contributed by atoms with Gasteiger partial charge >= 0.3 is 6.03 Å². The highest BCUT2D eigenvalue weighted by atomic mass is 16.5. The van der Waals surface area contributed by atoms with Gasteiger partial charge in [0.2, 0.25) is 0 Å². The van der Waals surface area contributed by atoms with Gasteiger partial charge in [0.15, 0.2) is 5.76 Å². The molecule has 39 heavy (non-hydrogen) atoms. The Bertz CT molecular complexity index is 1270. The van der Waals surface area contributed by atoms with Gasteiger partial charge in [0, 0.05) is 44.2 Å². The monoisotopic (exact) mass is 524 g/mol. The number of hydrogen-bond donors (Lipinski definition) is 1. The second-order valence-corrected chi connectivity index (χ2v) is 9.86. The summed E-state index contributed by atoms with van der Waals surface area (Å²) >= 11 is 0. The predicted molar refractivity (Wildman–Crippen MR) is 154 cm³/mol. The van der Waals surface area contributed by atoms with Gasteiger partial charge in [0.1, 0.15) is 11.4 Å². The van der Waals surface area contributed by atoms with E-state index in [1.54, 1.807) is 0 Å². The molecule has 0 bridgehead atoms. The van der Waals surface area contributed by atoms with Gasteiger partial charge in [-0.1, -0.05) is 96.2 Å². The van der Waals surface area contributed by atoms with Gasteiger partial charge in [-0.2, -0.15) is 0 Å². The number of aryl methyl sites for hydroxylation is 1. The van der Waals surface area contributed by atoms with Crippen molar-refractivity contribution in [1.29, 1.82) is 0 Å². The van der Waals surface area contributed by atoms with E-state index < -0.39 is 0 Å². The van der Waals surface area contributed by atoms with E-state index in [0.29, 0.717) is 30.2 Å². The number of urea groups is 1. The van der Waals surface area contributed by atoms with Crippen molar-refractivity contribution < 1.29 is 14.1 Å². The Balaban J connectivity index is 1.36. The van der Waals surface area contributed by atoms with Crippen molar-refractivity contribution in [3.05, 3.63) is 108 Å². The van der Waals surface area contributed by atoms with Crippen LogP contribution in [0, 0.1) is 6.92 Å². The van der Waals surface area contributed by atoms with Gasteiger partial charge < -0.3 is 19.5 Å². The van der Waals surface area contributed by atoms with Crippen molar-refractivity contribution in [2.24, 2.45) is 0 Å². The van der Waals surface area contributed by atoms with Crippen molar-refractivity contribution in [3.63, 3.8) is 0 Å². The minimum absolute atomic E-state index is 0.147. The number of morpholine rings is 1. The smallest absolute Gasteiger partial charge is 0.322 e. The normalized spacial score (nSPS) is 13.9. The Morgan fingerprint density at radius 2 is 1.49 bits per heavy atom. The van der Waals surface area contributed by atoms with E-state index in [-0.39, 0.29) is 11.9 Å². The summed E-state index contributed by atoms with van der Waals surface area (Å²) in [5.41, 5.74) is 4.65. The lowest BCUT2D eigenvalue weighted by Crippen LogP contribution is -2.44. The molecule has 2 heterocycles. The SMILES string of the molecule is Cc1onc(-c2ccccc2)c1NC(=O)N(CCC(c1ccccc1)c1ccccc1)CCN1CCOCC1. The predicted octanol–water partition coefficient (Wildman–Crippen LogP) is 6.04. The number of benzene rings is 3. The number of hydrogen-bond acceptors (Lipinski definition) is 5. The molecule has 1 N–H and O–H groups in total. The lowest BCUT2D eigenvalue weighted by molar-refractivity contribution is 0.0351. The summed E-state index contributed by atoms with van der Waals surface area (Å²) in [6.07, 6.45) is 0.804. The van der Waals surface area contributed by atoms with Crippen molar-refractivity contribution >= 4 is 11.7 Å². The lowest BCUT2D eigenvalue weighted by Gasteiger charge is -2.31. The van der Waals surface area contributed by atoms with Gasteiger partial charge in [-0.15, -0.1) is 0 Å². The van der Waals surface area contributed by atoms with Crippen LogP contribution in [-0.4, -0.2) is 66.9 Å². The molecule has 0 spiro atoms. The Hall–Kier alpha value is -3.94. The standard InChI is InChI=1S/C32H36N4O3/c1-25-30(31(34-39-25)28-15-9-4-10-16-28)33-32(37)36(20-19-35-21-23-38-24-22-35)18-17-29(26-11-5-2-6-12-26)27-13-7-3-8-14-27/h2-16,29H,17-24H2,1H3,(H,33,37). The quantitative estimate of drug-likeness (QED) is 0.274. The fourth-order valence-electron chi connectivity index (χ4n) is 5.08. The van der Waals surface area contributed by atoms with E-state index in [9.17, 15) is 4.79 Å². The first-order chi connectivity index (χ1) is 19.2. The van der Waals surface area contributed by atoms with Crippen LogP contribution >= 0.6 is 0 Å². The molecule has 0 saturated carbocycles. The molecule has 7 nitrogen and oxygen atoms in total. The molecule has 2 amide bonds. The number of amides is 2. The number of nitrogens with one attached hydrogen (secondary N) is 1. The number of anilines is 1. The summed E-state index contributed by atoms with van der Waals surface area (Å²) in [4.78, 5) is 18.1. The molecule has 0 radical (unpaired) electrons. The van der Waals surface area contributed by atoms with E-state index in [4.69, 9.17) is 9.26 Å². The van der Waals surface area contributed by atoms with E-state index in [0.717, 1.165) is 44.8 Å². The zero-order chi connectivity index (χ0) is 26.9. The second-order valence-electron chi connectivity index (χ2n) is 9.86. The molecule has 1 aliphatic rings. The van der Waals surface area contributed by atoms with Gasteiger partial charge in [-0.3, -0.25) is 4.90 Å². The molecule has 0 aliphatic carbocycles. The summed E-state index contributed by atoms with van der Waals surface area (Å²) in [6, 6.07) is 30.7. The van der Waals surface area contributed by atoms with Crippen LogP contribution in [0.3, 0.4) is 0 Å². The molecule has 5 rings (SSSR count). The maximum absolute atomic E-state index is 13.8. The van der Waals surface area contributed by atoms with Crippen LogP contribution in [0.15, 0.2) is 95.5 Å². The average Bonchev–Trinajstić information content (AvgIpc) is 3.36. The lowest BCUT2D eigenvalue weighted by atomic mass is 9.88. The molecule has 202 valence electrons. The Kier molecular flexibility index (Phi) is 9.04. The summed E-state index contributed by atoms with van der Waals surface area (Å²) in [6.45, 7) is 7.08. The van der Waals surface area contributed by atoms with Gasteiger partial charge in [-0.25, -0.2) is 4.79 Å². The number of ether oxygens (including phenoxy) is 1. The Labute approximate surface area is 230 Å². The minimum Gasteiger partial charge on any atom is -0.379 e. The van der Waals surface area contributed by atoms with Crippen molar-refractivity contribution in [3.8, 4) is 11.3 Å². The number of nitrogens with zero attached hydrogens (tertiary/aromatic N) is 3. The van der Waals surface area contributed by atoms with Gasteiger partial charge in [0.05, 0.1) is 13.2 Å². The highest BCUT2D eigenvalue weighted by Gasteiger charge is 2.23. The van der Waals surface area contributed by atoms with E-state index >= 15 is 0 Å². The van der Waals surface area contributed by atoms with Crippen LogP contribution in [0.2, 0.25) is 0 Å². The number of carbonyl (C=O) groups excluding carboxylic acids is 1. The molecule has 1 aliphatic heterocycles. The minimum atomic E-state index is -0.147. The Morgan fingerprint density at radius 1 is 0.897 bits per heavy atom. The fourth-order valence-corrected chi connectivity index (χ4v) is 5.08. The van der Waals surface area contributed by atoms with Crippen LogP contribution in [0.25, 0.3) is 11.3 Å². The van der Waals surface area contributed by atoms with Crippen LogP contribution < -0.4 is 5.32 Å². The summed E-state index contributed by atoms with van der Waals surface area (Å²) in [7, 11) is 0. The van der Waals surface area contributed by atoms with Crippen LogP contribution in [0.4, 0.5) is 10.5 Å². The number of aromatic nitrogens is 1. The second kappa shape index (κ2) is 13.2. The summed E-state index contributed by atoms with van der Waals surface area (Å²) < 4.78 is 11.0. The molecule has 0 atom stereocenters. The zero-order valence-electron chi connectivity index (χ0n) is 22.5. The molecular weight excluding hydrogens is 488 g/mol. The van der Waals surface area contributed by atoms with Crippen LogP contribution in [0.5, 0.6) is 0 Å². The first kappa shape index (κ1) is 26.7. The molecule has 3 aromatic carbocycles. The molecule has 4 aromatic rings. The molecule has 1 saturated heterocycles. The molecular formula is C32H36N4O3. The first-order valence-electron chi connectivity index (χ1n) is 13.7. The van der Waals surface area contributed by atoms with E-state index in [1.807, 2.05) is 54.3 Å². The molecule has 0 unspecified atom stereocenters. The first-order valence-corrected chi connectivity index (χ1v) is 13.7. The van der Waals surface area contributed by atoms with E-state index in [2.05, 4.69) is 63.9 Å². The van der Waals surface area contributed by atoms with E-state index in [1.165, 1.54) is 11.1 Å². The molecule has 7 heteroatoms. The van der Waals surface area contributed by atoms with Crippen LogP contribution in [0.1, 0.15) is 29.2 Å². The summed E-state index contributed by atoms with van der Waals surface area (Å²) in [5, 5.41) is 7.38. The highest BCUT2D eigenvalue weighted by molar-refractivity contribution is 5.94. The van der Waals surface area contributed by atoms with Gasteiger partial charge in [-0.05, 0) is 24.5 Å². The maximum Gasteiger partial charge on any atom is 0.322 e. The fraction of sp³-hybridized carbons (Fsp3) is 0.312.